The van der Waals surface area contributed by atoms with Crippen LogP contribution in [0.5, 0.6) is 5.75 Å². The molecule has 1 fully saturated rings. The Morgan fingerprint density at radius 1 is 1.14 bits per heavy atom. The molecule has 0 unspecified atom stereocenters. The SMILES string of the molecule is CCCCOc1c(-c2ncc(Cc3ccc(Cl)cc3)s2)nc2ccc(N3CCOCC3)cn2c1=O. The van der Waals surface area contributed by atoms with E-state index in [-0.39, 0.29) is 11.3 Å². The Bertz CT molecular complexity index is 1360. The normalized spacial score (nSPS) is 13.9. The minimum Gasteiger partial charge on any atom is -0.486 e. The summed E-state index contributed by atoms with van der Waals surface area (Å²) in [6, 6.07) is 11.7. The van der Waals surface area contributed by atoms with Gasteiger partial charge in [0.25, 0.3) is 0 Å². The van der Waals surface area contributed by atoms with Gasteiger partial charge in [-0.3, -0.25) is 9.20 Å². The van der Waals surface area contributed by atoms with Crippen molar-refractivity contribution in [3.8, 4) is 16.5 Å². The first kappa shape index (κ1) is 23.8. The Kier molecular flexibility index (Phi) is 7.32. The number of fused-ring (bicyclic) bond motifs is 1. The highest BCUT2D eigenvalue weighted by Crippen LogP contribution is 2.31. The molecule has 182 valence electrons. The summed E-state index contributed by atoms with van der Waals surface area (Å²) in [4.78, 5) is 26.3. The van der Waals surface area contributed by atoms with Crippen molar-refractivity contribution in [2.45, 2.75) is 26.2 Å². The van der Waals surface area contributed by atoms with Crippen LogP contribution in [0.25, 0.3) is 16.3 Å². The molecule has 1 aliphatic rings. The van der Waals surface area contributed by atoms with Crippen LogP contribution in [0.3, 0.4) is 0 Å². The predicted molar refractivity (Wildman–Crippen MR) is 140 cm³/mol. The van der Waals surface area contributed by atoms with Gasteiger partial charge in [0.2, 0.25) is 5.75 Å². The highest BCUT2D eigenvalue weighted by molar-refractivity contribution is 7.15. The van der Waals surface area contributed by atoms with E-state index in [2.05, 4.69) is 16.8 Å². The number of thiazole rings is 1. The lowest BCUT2D eigenvalue weighted by molar-refractivity contribution is 0.122. The number of benzene rings is 1. The molecule has 0 bridgehead atoms. The molecule has 35 heavy (non-hydrogen) atoms. The quantitative estimate of drug-likeness (QED) is 0.308. The Labute approximate surface area is 212 Å². The van der Waals surface area contributed by atoms with Crippen molar-refractivity contribution in [3.63, 3.8) is 0 Å². The average Bonchev–Trinajstić information content (AvgIpc) is 3.35. The number of rotatable bonds is 8. The molecule has 0 N–H and O–H groups in total. The summed E-state index contributed by atoms with van der Waals surface area (Å²) in [5.74, 6) is 0.252. The van der Waals surface area contributed by atoms with E-state index in [1.165, 1.54) is 11.3 Å². The zero-order chi connectivity index (χ0) is 24.2. The van der Waals surface area contributed by atoms with Gasteiger partial charge < -0.3 is 14.4 Å². The average molecular weight is 511 g/mol. The Morgan fingerprint density at radius 3 is 2.71 bits per heavy atom. The summed E-state index contributed by atoms with van der Waals surface area (Å²) in [5.41, 5.74) is 2.96. The topological polar surface area (TPSA) is 69.0 Å². The van der Waals surface area contributed by atoms with Gasteiger partial charge in [0.1, 0.15) is 16.3 Å². The van der Waals surface area contributed by atoms with E-state index in [1.54, 1.807) is 4.40 Å². The number of anilines is 1. The lowest BCUT2D eigenvalue weighted by atomic mass is 10.1. The third-order valence-corrected chi connectivity index (χ3v) is 7.19. The van der Waals surface area contributed by atoms with Crippen molar-refractivity contribution in [2.75, 3.05) is 37.8 Å². The smallest absolute Gasteiger partial charge is 0.301 e. The van der Waals surface area contributed by atoms with Crippen LogP contribution in [0.4, 0.5) is 5.69 Å². The Morgan fingerprint density at radius 2 is 1.94 bits per heavy atom. The van der Waals surface area contributed by atoms with Crippen molar-refractivity contribution < 1.29 is 9.47 Å². The van der Waals surface area contributed by atoms with Gasteiger partial charge >= 0.3 is 5.56 Å². The molecule has 4 heterocycles. The zero-order valence-corrected chi connectivity index (χ0v) is 21.1. The van der Waals surface area contributed by atoms with Crippen LogP contribution in [0.1, 0.15) is 30.2 Å². The Hall–Kier alpha value is -2.94. The van der Waals surface area contributed by atoms with Crippen LogP contribution in [-0.2, 0) is 11.2 Å². The fourth-order valence-corrected chi connectivity index (χ4v) is 5.07. The maximum atomic E-state index is 13.6. The zero-order valence-electron chi connectivity index (χ0n) is 19.6. The van der Waals surface area contributed by atoms with Crippen molar-refractivity contribution in [1.29, 1.82) is 0 Å². The first-order valence-corrected chi connectivity index (χ1v) is 13.0. The van der Waals surface area contributed by atoms with Gasteiger partial charge in [0.15, 0.2) is 0 Å². The number of ether oxygens (including phenoxy) is 2. The maximum absolute atomic E-state index is 13.6. The number of aromatic nitrogens is 3. The number of halogens is 1. The van der Waals surface area contributed by atoms with E-state index in [9.17, 15) is 4.79 Å². The predicted octanol–water partition coefficient (Wildman–Crippen LogP) is 5.08. The van der Waals surface area contributed by atoms with E-state index in [4.69, 9.17) is 26.1 Å². The van der Waals surface area contributed by atoms with E-state index in [0.717, 1.165) is 48.5 Å². The summed E-state index contributed by atoms with van der Waals surface area (Å²) in [5, 5.41) is 1.39. The third-order valence-electron chi connectivity index (χ3n) is 5.93. The van der Waals surface area contributed by atoms with Gasteiger partial charge in [0, 0.05) is 41.8 Å². The van der Waals surface area contributed by atoms with E-state index < -0.39 is 0 Å². The van der Waals surface area contributed by atoms with Crippen LogP contribution in [0.2, 0.25) is 5.02 Å². The van der Waals surface area contributed by atoms with Crippen LogP contribution in [0, 0.1) is 0 Å². The highest BCUT2D eigenvalue weighted by Gasteiger charge is 2.20. The number of hydrogen-bond donors (Lipinski definition) is 0. The van der Waals surface area contributed by atoms with E-state index in [1.807, 2.05) is 48.8 Å². The summed E-state index contributed by atoms with van der Waals surface area (Å²) < 4.78 is 13.1. The van der Waals surface area contributed by atoms with Gasteiger partial charge in [-0.2, -0.15) is 0 Å². The number of morpholine rings is 1. The molecule has 3 aromatic heterocycles. The van der Waals surface area contributed by atoms with Crippen LogP contribution in [0.15, 0.2) is 53.6 Å². The molecule has 1 aromatic carbocycles. The van der Waals surface area contributed by atoms with Crippen LogP contribution >= 0.6 is 22.9 Å². The summed E-state index contributed by atoms with van der Waals surface area (Å²) in [6.07, 6.45) is 6.25. The standard InChI is InChI=1S/C26H27ClN4O3S/c1-2-3-12-34-24-23(25-28-16-21(35-25)15-18-4-6-19(27)7-5-18)29-22-9-8-20(17-31(22)26(24)32)30-10-13-33-14-11-30/h4-9,16-17H,2-3,10-15H2,1H3. The fourth-order valence-electron chi connectivity index (χ4n) is 4.02. The van der Waals surface area contributed by atoms with E-state index >= 15 is 0 Å². The number of hydrogen-bond acceptors (Lipinski definition) is 7. The molecule has 0 atom stereocenters. The number of nitrogens with zero attached hydrogens (tertiary/aromatic N) is 4. The van der Waals surface area contributed by atoms with Gasteiger partial charge in [-0.05, 0) is 36.2 Å². The second kappa shape index (κ2) is 10.8. The molecular weight excluding hydrogens is 484 g/mol. The molecule has 0 spiro atoms. The molecule has 4 aromatic rings. The van der Waals surface area contributed by atoms with Gasteiger partial charge in [-0.25, -0.2) is 9.97 Å². The molecule has 1 aliphatic heterocycles. The summed E-state index contributed by atoms with van der Waals surface area (Å²) >= 11 is 7.54. The molecule has 0 amide bonds. The van der Waals surface area contributed by atoms with Crippen LogP contribution < -0.4 is 15.2 Å². The first-order valence-electron chi connectivity index (χ1n) is 11.8. The van der Waals surface area contributed by atoms with Crippen molar-refractivity contribution in [3.05, 3.63) is 74.6 Å². The lowest BCUT2D eigenvalue weighted by Crippen LogP contribution is -2.36. The van der Waals surface area contributed by atoms with E-state index in [0.29, 0.717) is 41.2 Å². The van der Waals surface area contributed by atoms with Gasteiger partial charge in [-0.15, -0.1) is 11.3 Å². The first-order chi connectivity index (χ1) is 17.1. The second-order valence-corrected chi connectivity index (χ2v) is 10.00. The third kappa shape index (κ3) is 5.34. The molecule has 1 saturated heterocycles. The second-order valence-electron chi connectivity index (χ2n) is 8.45. The Balaban J connectivity index is 1.52. The molecule has 9 heteroatoms. The van der Waals surface area contributed by atoms with Crippen LogP contribution in [-0.4, -0.2) is 47.3 Å². The summed E-state index contributed by atoms with van der Waals surface area (Å²) in [7, 11) is 0. The number of pyridine rings is 1. The molecule has 5 rings (SSSR count). The molecule has 0 saturated carbocycles. The fraction of sp³-hybridized carbons (Fsp3) is 0.346. The minimum absolute atomic E-state index is 0.217. The van der Waals surface area contributed by atoms with Crippen molar-refractivity contribution in [2.24, 2.45) is 0 Å². The lowest BCUT2D eigenvalue weighted by Gasteiger charge is -2.28. The highest BCUT2D eigenvalue weighted by atomic mass is 35.5. The van der Waals surface area contributed by atoms with Gasteiger partial charge in [0.05, 0.1) is 25.5 Å². The van der Waals surface area contributed by atoms with Crippen molar-refractivity contribution in [1.82, 2.24) is 14.4 Å². The largest absolute Gasteiger partial charge is 0.486 e. The minimum atomic E-state index is -0.217. The van der Waals surface area contributed by atoms with Gasteiger partial charge in [-0.1, -0.05) is 37.1 Å². The molecule has 0 radical (unpaired) electrons. The molecular formula is C26H27ClN4O3S. The molecule has 0 aliphatic carbocycles. The monoisotopic (exact) mass is 510 g/mol. The molecule has 7 nitrogen and oxygen atoms in total. The van der Waals surface area contributed by atoms with Crippen molar-refractivity contribution >= 4 is 34.3 Å². The maximum Gasteiger partial charge on any atom is 0.301 e. The number of unbranched alkanes of at least 4 members (excludes halogenated alkanes) is 1. The summed E-state index contributed by atoms with van der Waals surface area (Å²) in [6.45, 7) is 5.49.